The largest absolute Gasteiger partial charge is 0.322 e. The van der Waals surface area contributed by atoms with Crippen LogP contribution in [0.5, 0.6) is 0 Å². The minimum atomic E-state index is -3.90. The molecule has 4 aromatic carbocycles. The van der Waals surface area contributed by atoms with Gasteiger partial charge in [0.1, 0.15) is 0 Å². The molecule has 0 atom stereocenters. The van der Waals surface area contributed by atoms with E-state index in [1.807, 2.05) is 30.3 Å². The Morgan fingerprint density at radius 1 is 0.750 bits per heavy atom. The third-order valence-corrected chi connectivity index (χ3v) is 10.4. The van der Waals surface area contributed by atoms with Crippen LogP contribution in [0.25, 0.3) is 10.8 Å². The van der Waals surface area contributed by atoms with Gasteiger partial charge in [0, 0.05) is 24.2 Å². The lowest BCUT2D eigenvalue weighted by Crippen LogP contribution is -2.32. The molecule has 1 aliphatic rings. The molecule has 0 spiro atoms. The first kappa shape index (κ1) is 28.1. The number of benzene rings is 4. The lowest BCUT2D eigenvalue weighted by Gasteiger charge is -2.20. The van der Waals surface area contributed by atoms with Gasteiger partial charge in [0.25, 0.3) is 15.9 Å². The fourth-order valence-corrected chi connectivity index (χ4v) is 7.53. The number of fused-ring (bicyclic) bond motifs is 1. The summed E-state index contributed by atoms with van der Waals surface area (Å²) in [5.74, 6) is -0.609. The monoisotopic (exact) mass is 597 g/mol. The van der Waals surface area contributed by atoms with E-state index in [4.69, 9.17) is 11.6 Å². The number of sulfonamides is 2. The highest BCUT2D eigenvalue weighted by Crippen LogP contribution is 2.28. The van der Waals surface area contributed by atoms with Crippen molar-refractivity contribution >= 4 is 59.7 Å². The van der Waals surface area contributed by atoms with Gasteiger partial charge in [0.15, 0.2) is 0 Å². The van der Waals surface area contributed by atoms with E-state index >= 15 is 0 Å². The zero-order chi connectivity index (χ0) is 28.3. The summed E-state index contributed by atoms with van der Waals surface area (Å²) in [6, 6.07) is 22.6. The predicted molar refractivity (Wildman–Crippen MR) is 158 cm³/mol. The summed E-state index contributed by atoms with van der Waals surface area (Å²) < 4.78 is 56.6. The summed E-state index contributed by atoms with van der Waals surface area (Å²) in [7, 11) is -7.67. The van der Waals surface area contributed by atoms with Crippen LogP contribution in [-0.2, 0) is 20.0 Å². The van der Waals surface area contributed by atoms with Gasteiger partial charge < -0.3 is 5.32 Å². The molecule has 4 aromatic rings. The molecular weight excluding hydrogens is 570 g/mol. The molecule has 0 aromatic heterocycles. The Bertz CT molecular complexity index is 1760. The lowest BCUT2D eigenvalue weighted by atomic mass is 10.1. The van der Waals surface area contributed by atoms with Gasteiger partial charge in [-0.15, -0.1) is 0 Å². The second-order valence-electron chi connectivity index (χ2n) is 9.57. The number of halogens is 1. The molecule has 208 valence electrons. The van der Waals surface area contributed by atoms with Gasteiger partial charge in [-0.3, -0.25) is 9.52 Å². The van der Waals surface area contributed by atoms with Gasteiger partial charge in [-0.25, -0.2) is 16.8 Å². The molecule has 2 N–H and O–H groups in total. The second-order valence-corrected chi connectivity index (χ2v) is 13.6. The maximum Gasteiger partial charge on any atom is 0.261 e. The molecule has 1 fully saturated rings. The molecule has 1 heterocycles. The first-order valence-electron chi connectivity index (χ1n) is 12.9. The summed E-state index contributed by atoms with van der Waals surface area (Å²) in [6.07, 6.45) is 3.56. The van der Waals surface area contributed by atoms with Crippen molar-refractivity contribution in [1.82, 2.24) is 4.31 Å². The number of anilines is 2. The fraction of sp³-hybridized carbons (Fsp3) is 0.207. The van der Waals surface area contributed by atoms with Crippen LogP contribution in [0.15, 0.2) is 94.7 Å². The maximum absolute atomic E-state index is 13.2. The van der Waals surface area contributed by atoms with Crippen LogP contribution >= 0.6 is 11.6 Å². The highest BCUT2D eigenvalue weighted by molar-refractivity contribution is 7.92. The highest BCUT2D eigenvalue weighted by Gasteiger charge is 2.27. The molecule has 8 nitrogen and oxygen atoms in total. The Balaban J connectivity index is 1.33. The minimum absolute atomic E-state index is 0.00454. The molecule has 0 unspecified atom stereocenters. The lowest BCUT2D eigenvalue weighted by molar-refractivity contribution is 0.102. The maximum atomic E-state index is 13.2. The molecule has 5 rings (SSSR count). The van der Waals surface area contributed by atoms with Crippen LogP contribution < -0.4 is 10.0 Å². The summed E-state index contributed by atoms with van der Waals surface area (Å²) in [6.45, 7) is 0.883. The van der Waals surface area contributed by atoms with Gasteiger partial charge in [-0.05, 0) is 66.8 Å². The second kappa shape index (κ2) is 11.6. The van der Waals surface area contributed by atoms with E-state index in [0.717, 1.165) is 36.5 Å². The average molecular weight is 598 g/mol. The molecule has 40 heavy (non-hydrogen) atoms. The van der Waals surface area contributed by atoms with Crippen molar-refractivity contribution in [3.63, 3.8) is 0 Å². The predicted octanol–water partition coefficient (Wildman–Crippen LogP) is 6.11. The van der Waals surface area contributed by atoms with Crippen LogP contribution in [-0.4, -0.2) is 40.1 Å². The number of nitrogens with zero attached hydrogens (tertiary/aromatic N) is 1. The Kier molecular flexibility index (Phi) is 8.14. The zero-order valence-corrected chi connectivity index (χ0v) is 23.9. The molecule has 0 aliphatic carbocycles. The quantitative estimate of drug-likeness (QED) is 0.267. The number of carbonyl (C=O) groups excluding carboxylic acids is 1. The van der Waals surface area contributed by atoms with Crippen LogP contribution in [0.2, 0.25) is 5.02 Å². The Labute approximate surface area is 239 Å². The first-order valence-corrected chi connectivity index (χ1v) is 16.2. The van der Waals surface area contributed by atoms with Crippen molar-refractivity contribution in [2.75, 3.05) is 23.1 Å². The van der Waals surface area contributed by atoms with Crippen molar-refractivity contribution in [1.29, 1.82) is 0 Å². The molecule has 11 heteroatoms. The normalized spacial score (nSPS) is 14.9. The van der Waals surface area contributed by atoms with E-state index in [2.05, 4.69) is 10.0 Å². The molecule has 0 saturated carbocycles. The van der Waals surface area contributed by atoms with Crippen LogP contribution in [0.4, 0.5) is 11.4 Å². The van der Waals surface area contributed by atoms with Crippen LogP contribution in [0, 0.1) is 0 Å². The summed E-state index contributed by atoms with van der Waals surface area (Å²) in [4.78, 5) is 13.1. The van der Waals surface area contributed by atoms with E-state index in [-0.39, 0.29) is 20.4 Å². The summed E-state index contributed by atoms with van der Waals surface area (Å²) >= 11 is 6.27. The smallest absolute Gasteiger partial charge is 0.261 e. The van der Waals surface area contributed by atoms with Crippen molar-refractivity contribution in [3.05, 3.63) is 95.5 Å². The van der Waals surface area contributed by atoms with Crippen molar-refractivity contribution in [3.8, 4) is 0 Å². The molecule has 1 aliphatic heterocycles. The number of carbonyl (C=O) groups is 1. The fourth-order valence-electron chi connectivity index (χ4n) is 4.70. The van der Waals surface area contributed by atoms with E-state index in [1.165, 1.54) is 46.8 Å². The summed E-state index contributed by atoms with van der Waals surface area (Å²) in [5, 5.41) is 4.45. The van der Waals surface area contributed by atoms with E-state index in [1.54, 1.807) is 12.1 Å². The van der Waals surface area contributed by atoms with Gasteiger partial charge >= 0.3 is 0 Å². The van der Waals surface area contributed by atoms with E-state index in [9.17, 15) is 21.6 Å². The number of nitrogens with one attached hydrogen (secondary N) is 2. The third-order valence-electron chi connectivity index (χ3n) is 6.84. The van der Waals surface area contributed by atoms with Gasteiger partial charge in [-0.1, -0.05) is 60.8 Å². The van der Waals surface area contributed by atoms with Gasteiger partial charge in [0.2, 0.25) is 10.0 Å². The molecule has 1 amide bonds. The molecule has 0 bridgehead atoms. The Morgan fingerprint density at radius 3 is 2.12 bits per heavy atom. The van der Waals surface area contributed by atoms with E-state index in [0.29, 0.717) is 24.5 Å². The molecule has 0 radical (unpaired) electrons. The minimum Gasteiger partial charge on any atom is -0.322 e. The number of rotatable bonds is 7. The van der Waals surface area contributed by atoms with E-state index < -0.39 is 26.0 Å². The Hall–Kier alpha value is -3.44. The first-order chi connectivity index (χ1) is 19.1. The average Bonchev–Trinajstić information content (AvgIpc) is 3.24. The highest BCUT2D eigenvalue weighted by atomic mass is 35.5. The van der Waals surface area contributed by atoms with Crippen molar-refractivity contribution in [2.45, 2.75) is 35.5 Å². The number of hydrogen-bond acceptors (Lipinski definition) is 5. The third kappa shape index (κ3) is 6.00. The van der Waals surface area contributed by atoms with Crippen LogP contribution in [0.3, 0.4) is 0 Å². The van der Waals surface area contributed by atoms with Gasteiger partial charge in [0.05, 0.1) is 26.1 Å². The molecule has 1 saturated heterocycles. The topological polar surface area (TPSA) is 113 Å². The SMILES string of the molecule is O=C(Nc1ccc(S(=O)(=O)Nc2cccc3ccccc23)cc1)c1cc(S(=O)(=O)N2CCCCCC2)ccc1Cl. The van der Waals surface area contributed by atoms with Crippen molar-refractivity contribution in [2.24, 2.45) is 0 Å². The Morgan fingerprint density at radius 2 is 1.40 bits per heavy atom. The zero-order valence-electron chi connectivity index (χ0n) is 21.5. The standard InChI is InChI=1S/C29H28ClN3O5S2/c30-27-17-16-24(40(37,38)33-18-5-1-2-6-19-33)20-26(27)29(34)31-22-12-14-23(15-13-22)39(35,36)32-28-11-7-9-21-8-3-4-10-25(21)28/h3-4,7-17,20,32H,1-2,5-6,18-19H2,(H,31,34). The number of hydrogen-bond donors (Lipinski definition) is 2. The molecular formula is C29H28ClN3O5S2. The summed E-state index contributed by atoms with van der Waals surface area (Å²) in [5.41, 5.74) is 0.790. The van der Waals surface area contributed by atoms with Crippen LogP contribution in [0.1, 0.15) is 36.0 Å². The van der Waals surface area contributed by atoms with Crippen molar-refractivity contribution < 1.29 is 21.6 Å². The number of amides is 1. The van der Waals surface area contributed by atoms with Gasteiger partial charge in [-0.2, -0.15) is 4.31 Å².